The van der Waals surface area contributed by atoms with Gasteiger partial charge in [0.25, 0.3) is 5.91 Å². The molecule has 1 aromatic heterocycles. The summed E-state index contributed by atoms with van der Waals surface area (Å²) in [6.07, 6.45) is 2.14. The fraction of sp³-hybridized carbons (Fsp3) is 0.545. The number of amides is 1. The average molecular weight is 420 g/mol. The molecule has 158 valence electrons. The van der Waals surface area contributed by atoms with Crippen LogP contribution in [-0.2, 0) is 16.8 Å². The van der Waals surface area contributed by atoms with Crippen molar-refractivity contribution in [3.63, 3.8) is 0 Å². The Balaban J connectivity index is 1.54. The van der Waals surface area contributed by atoms with Gasteiger partial charge in [-0.25, -0.2) is 4.98 Å². The third kappa shape index (κ3) is 5.73. The fourth-order valence-corrected chi connectivity index (χ4v) is 3.49. The third-order valence-electron chi connectivity index (χ3n) is 5.04. The van der Waals surface area contributed by atoms with E-state index in [4.69, 9.17) is 20.8 Å². The van der Waals surface area contributed by atoms with Crippen molar-refractivity contribution in [1.82, 2.24) is 14.8 Å². The Kier molecular flexibility index (Phi) is 6.85. The molecule has 1 fully saturated rings. The largest absolute Gasteiger partial charge is 0.479 e. The molecule has 1 aliphatic rings. The van der Waals surface area contributed by atoms with Crippen LogP contribution in [-0.4, -0.2) is 53.0 Å². The topological polar surface area (TPSA) is 58.8 Å². The highest BCUT2D eigenvalue weighted by molar-refractivity contribution is 6.32. The molecule has 3 rings (SSSR count). The first-order valence-electron chi connectivity index (χ1n) is 10.1. The van der Waals surface area contributed by atoms with Crippen molar-refractivity contribution in [1.29, 1.82) is 0 Å². The van der Waals surface area contributed by atoms with Crippen molar-refractivity contribution in [3.05, 3.63) is 47.1 Å². The van der Waals surface area contributed by atoms with Gasteiger partial charge in [0.05, 0.1) is 17.8 Å². The van der Waals surface area contributed by atoms with Crippen LogP contribution in [0.2, 0.25) is 5.02 Å². The fourth-order valence-electron chi connectivity index (χ4n) is 3.31. The van der Waals surface area contributed by atoms with Gasteiger partial charge in [-0.15, -0.1) is 0 Å². The number of hydrogen-bond donors (Lipinski definition) is 0. The van der Waals surface area contributed by atoms with E-state index in [1.807, 2.05) is 23.2 Å². The van der Waals surface area contributed by atoms with Crippen LogP contribution in [0.3, 0.4) is 0 Å². The Bertz CT molecular complexity index is 831. The van der Waals surface area contributed by atoms with Gasteiger partial charge in [0.2, 0.25) is 5.89 Å². The molecule has 1 aliphatic heterocycles. The van der Waals surface area contributed by atoms with E-state index in [0.717, 1.165) is 31.2 Å². The van der Waals surface area contributed by atoms with Crippen LogP contribution in [0.4, 0.5) is 0 Å². The molecule has 6 nitrogen and oxygen atoms in total. The molecule has 2 aromatic rings. The van der Waals surface area contributed by atoms with Crippen molar-refractivity contribution < 1.29 is 13.9 Å². The van der Waals surface area contributed by atoms with Crippen molar-refractivity contribution in [2.45, 2.75) is 52.2 Å². The van der Waals surface area contributed by atoms with Crippen LogP contribution >= 0.6 is 11.6 Å². The van der Waals surface area contributed by atoms with E-state index in [-0.39, 0.29) is 11.3 Å². The number of benzene rings is 1. The Hall–Kier alpha value is -2.05. The van der Waals surface area contributed by atoms with Gasteiger partial charge in [0.15, 0.2) is 6.10 Å². The number of para-hydroxylation sites is 1. The molecule has 1 saturated heterocycles. The number of ether oxygens (including phenoxy) is 1. The molecule has 0 bridgehead atoms. The lowest BCUT2D eigenvalue weighted by Crippen LogP contribution is -2.42. The number of aromatic nitrogens is 1. The lowest BCUT2D eigenvalue weighted by Gasteiger charge is -2.25. The van der Waals surface area contributed by atoms with Crippen LogP contribution in [0.15, 0.2) is 34.9 Å². The number of rotatable bonds is 5. The number of hydrogen-bond acceptors (Lipinski definition) is 5. The molecule has 0 radical (unpaired) electrons. The van der Waals surface area contributed by atoms with Crippen LogP contribution in [0.5, 0.6) is 5.75 Å². The lowest BCUT2D eigenvalue weighted by atomic mass is 9.94. The van der Waals surface area contributed by atoms with Gasteiger partial charge in [0, 0.05) is 31.6 Å². The molecule has 2 heterocycles. The lowest BCUT2D eigenvalue weighted by molar-refractivity contribution is -0.137. The summed E-state index contributed by atoms with van der Waals surface area (Å²) >= 11 is 6.14. The minimum absolute atomic E-state index is 0.0158. The summed E-state index contributed by atoms with van der Waals surface area (Å²) in [5.41, 5.74) is -0.0506. The van der Waals surface area contributed by atoms with Crippen molar-refractivity contribution in [2.24, 2.45) is 0 Å². The zero-order valence-corrected chi connectivity index (χ0v) is 18.4. The minimum Gasteiger partial charge on any atom is -0.479 e. The van der Waals surface area contributed by atoms with E-state index >= 15 is 0 Å². The first-order chi connectivity index (χ1) is 13.7. The van der Waals surface area contributed by atoms with E-state index in [2.05, 4.69) is 30.7 Å². The van der Waals surface area contributed by atoms with Gasteiger partial charge >= 0.3 is 0 Å². The van der Waals surface area contributed by atoms with Gasteiger partial charge in [-0.05, 0) is 25.5 Å². The molecule has 0 spiro atoms. The zero-order valence-electron chi connectivity index (χ0n) is 17.7. The number of oxazole rings is 1. The van der Waals surface area contributed by atoms with Crippen LogP contribution < -0.4 is 4.74 Å². The van der Waals surface area contributed by atoms with Gasteiger partial charge < -0.3 is 14.1 Å². The summed E-state index contributed by atoms with van der Waals surface area (Å²) in [5, 5.41) is 0.509. The molecule has 1 atom stereocenters. The molecule has 29 heavy (non-hydrogen) atoms. The highest BCUT2D eigenvalue weighted by atomic mass is 35.5. The second-order valence-corrected chi connectivity index (χ2v) is 8.92. The maximum Gasteiger partial charge on any atom is 0.263 e. The molecule has 0 saturated carbocycles. The summed E-state index contributed by atoms with van der Waals surface area (Å²) < 4.78 is 11.7. The monoisotopic (exact) mass is 419 g/mol. The first-order valence-corrected chi connectivity index (χ1v) is 10.5. The Morgan fingerprint density at radius 3 is 2.69 bits per heavy atom. The summed E-state index contributed by atoms with van der Waals surface area (Å²) in [6, 6.07) is 7.21. The second kappa shape index (κ2) is 9.18. The molecule has 0 aliphatic carbocycles. The number of carbonyl (C=O) groups is 1. The normalized spacial score (nSPS) is 17.1. The first kappa shape index (κ1) is 21.7. The van der Waals surface area contributed by atoms with E-state index < -0.39 is 6.10 Å². The average Bonchev–Trinajstić information content (AvgIpc) is 3.02. The number of halogens is 1. The molecule has 1 unspecified atom stereocenters. The molecular formula is C22H30ClN3O3. The summed E-state index contributed by atoms with van der Waals surface area (Å²) in [5.74, 6) is 2.14. The van der Waals surface area contributed by atoms with E-state index in [1.165, 1.54) is 0 Å². The second-order valence-electron chi connectivity index (χ2n) is 8.51. The summed E-state index contributed by atoms with van der Waals surface area (Å²) in [7, 11) is 0. The van der Waals surface area contributed by atoms with E-state index in [0.29, 0.717) is 30.4 Å². The molecule has 0 N–H and O–H groups in total. The molecular weight excluding hydrogens is 390 g/mol. The van der Waals surface area contributed by atoms with Crippen LogP contribution in [0, 0.1) is 0 Å². The van der Waals surface area contributed by atoms with Gasteiger partial charge in [-0.3, -0.25) is 9.69 Å². The summed E-state index contributed by atoms with van der Waals surface area (Å²) in [6.45, 7) is 11.8. The van der Waals surface area contributed by atoms with Gasteiger partial charge in [0.1, 0.15) is 11.5 Å². The SMILES string of the molecule is CC(Oc1ccccc1Cl)C(=O)N1CCCN(Cc2ncc(C(C)(C)C)o2)CC1. The smallest absolute Gasteiger partial charge is 0.263 e. The third-order valence-corrected chi connectivity index (χ3v) is 5.35. The minimum atomic E-state index is -0.581. The maximum absolute atomic E-state index is 12.9. The standard InChI is InChI=1S/C22H30ClN3O3/c1-16(28-18-9-6-5-8-17(18)23)21(27)26-11-7-10-25(12-13-26)15-20-24-14-19(29-20)22(2,3)4/h5-6,8-9,14,16H,7,10-13,15H2,1-4H3. The van der Waals surface area contributed by atoms with Gasteiger partial charge in [-0.1, -0.05) is 44.5 Å². The Morgan fingerprint density at radius 1 is 1.24 bits per heavy atom. The predicted octanol–water partition coefficient (Wildman–Crippen LogP) is 4.13. The van der Waals surface area contributed by atoms with Crippen molar-refractivity contribution in [2.75, 3.05) is 26.2 Å². The number of nitrogens with zero attached hydrogens (tertiary/aromatic N) is 3. The Morgan fingerprint density at radius 2 is 2.00 bits per heavy atom. The Labute approximate surface area is 177 Å². The highest BCUT2D eigenvalue weighted by Crippen LogP contribution is 2.25. The number of carbonyl (C=O) groups excluding carboxylic acids is 1. The van der Waals surface area contributed by atoms with Crippen molar-refractivity contribution in [3.8, 4) is 5.75 Å². The van der Waals surface area contributed by atoms with Crippen LogP contribution in [0.25, 0.3) is 0 Å². The van der Waals surface area contributed by atoms with Gasteiger partial charge in [-0.2, -0.15) is 0 Å². The van der Waals surface area contributed by atoms with E-state index in [1.54, 1.807) is 19.1 Å². The quantitative estimate of drug-likeness (QED) is 0.729. The van der Waals surface area contributed by atoms with Crippen molar-refractivity contribution >= 4 is 17.5 Å². The molecule has 1 aromatic carbocycles. The molecule has 1 amide bonds. The summed E-state index contributed by atoms with van der Waals surface area (Å²) in [4.78, 5) is 21.4. The zero-order chi connectivity index (χ0) is 21.0. The van der Waals surface area contributed by atoms with Crippen LogP contribution in [0.1, 0.15) is 45.8 Å². The predicted molar refractivity (Wildman–Crippen MR) is 113 cm³/mol. The highest BCUT2D eigenvalue weighted by Gasteiger charge is 2.26. The van der Waals surface area contributed by atoms with E-state index in [9.17, 15) is 4.79 Å². The molecule has 7 heteroatoms. The maximum atomic E-state index is 12.9.